The molecule has 0 radical (unpaired) electrons. The Morgan fingerprint density at radius 1 is 1.12 bits per heavy atom. The summed E-state index contributed by atoms with van der Waals surface area (Å²) >= 11 is 0. The first-order valence-corrected chi connectivity index (χ1v) is 8.89. The molecule has 1 aliphatic rings. The number of nitrogens with zero attached hydrogens (tertiary/aromatic N) is 1. The Morgan fingerprint density at radius 2 is 1.92 bits per heavy atom. The summed E-state index contributed by atoms with van der Waals surface area (Å²) in [7, 11) is 0. The minimum atomic E-state index is 0.0804. The third-order valence-corrected chi connectivity index (χ3v) is 4.70. The second kappa shape index (κ2) is 8.11. The molecule has 0 spiro atoms. The molecule has 0 bridgehead atoms. The van der Waals surface area contributed by atoms with Gasteiger partial charge in [0.15, 0.2) is 0 Å². The van der Waals surface area contributed by atoms with E-state index in [4.69, 9.17) is 0 Å². The Morgan fingerprint density at radius 3 is 2.62 bits per heavy atom. The van der Waals surface area contributed by atoms with E-state index < -0.39 is 0 Å². The summed E-state index contributed by atoms with van der Waals surface area (Å²) < 4.78 is 1.82. The van der Waals surface area contributed by atoms with Gasteiger partial charge in [0.05, 0.1) is 0 Å². The van der Waals surface area contributed by atoms with Crippen LogP contribution in [0.2, 0.25) is 0 Å². The van der Waals surface area contributed by atoms with Gasteiger partial charge in [0.1, 0.15) is 0 Å². The summed E-state index contributed by atoms with van der Waals surface area (Å²) in [6.45, 7) is 3.98. The maximum absolute atomic E-state index is 12.3. The molecule has 1 atom stereocenters. The van der Waals surface area contributed by atoms with E-state index in [0.29, 0.717) is 6.04 Å². The van der Waals surface area contributed by atoms with Gasteiger partial charge in [-0.3, -0.25) is 4.79 Å². The van der Waals surface area contributed by atoms with Gasteiger partial charge < -0.3 is 9.88 Å². The smallest absolute Gasteiger partial charge is 0.251 e. The number of hydrogen-bond donors (Lipinski definition) is 1. The van der Waals surface area contributed by atoms with Crippen LogP contribution in [0.4, 0.5) is 0 Å². The third kappa shape index (κ3) is 4.68. The zero-order valence-electron chi connectivity index (χ0n) is 14.4. The average molecular weight is 322 g/mol. The molecule has 3 rings (SSSR count). The van der Waals surface area contributed by atoms with Crippen LogP contribution in [0.25, 0.3) is 12.2 Å². The lowest BCUT2D eigenvalue weighted by atomic mass is 10.0. The lowest BCUT2D eigenvalue weighted by Gasteiger charge is -2.23. The van der Waals surface area contributed by atoms with Gasteiger partial charge in [-0.1, -0.05) is 48.4 Å². The number of aromatic nitrogens is 1. The van der Waals surface area contributed by atoms with Crippen LogP contribution in [0.3, 0.4) is 0 Å². The maximum Gasteiger partial charge on any atom is 0.251 e. The molecular formula is C21H26N2O. The van der Waals surface area contributed by atoms with Gasteiger partial charge in [0.25, 0.3) is 5.56 Å². The van der Waals surface area contributed by atoms with Crippen molar-refractivity contribution in [1.82, 2.24) is 9.88 Å². The Labute approximate surface area is 144 Å². The van der Waals surface area contributed by atoms with E-state index in [-0.39, 0.29) is 5.56 Å². The van der Waals surface area contributed by atoms with Gasteiger partial charge in [-0.25, -0.2) is 0 Å². The van der Waals surface area contributed by atoms with E-state index in [1.54, 1.807) is 6.07 Å². The van der Waals surface area contributed by atoms with Crippen LogP contribution in [0.5, 0.6) is 0 Å². The quantitative estimate of drug-likeness (QED) is 0.907. The molecule has 3 heteroatoms. The molecule has 24 heavy (non-hydrogen) atoms. The van der Waals surface area contributed by atoms with Crippen molar-refractivity contribution in [3.05, 3.63) is 69.6 Å². The highest BCUT2D eigenvalue weighted by Crippen LogP contribution is 2.11. The van der Waals surface area contributed by atoms with Gasteiger partial charge in [-0.2, -0.15) is 0 Å². The van der Waals surface area contributed by atoms with E-state index in [1.165, 1.54) is 24.8 Å². The zero-order valence-corrected chi connectivity index (χ0v) is 14.4. The monoisotopic (exact) mass is 322 g/mol. The van der Waals surface area contributed by atoms with Crippen LogP contribution in [-0.2, 0) is 6.54 Å². The lowest BCUT2D eigenvalue weighted by molar-refractivity contribution is 0.365. The largest absolute Gasteiger partial charge is 0.315 e. The fraction of sp³-hybridized carbons (Fsp3) is 0.381. The summed E-state index contributed by atoms with van der Waals surface area (Å²) in [4.78, 5) is 12.3. The van der Waals surface area contributed by atoms with E-state index >= 15 is 0 Å². The highest BCUT2D eigenvalue weighted by molar-refractivity contribution is 5.69. The molecule has 1 aromatic carbocycles. The fourth-order valence-electron chi connectivity index (χ4n) is 3.15. The first-order valence-electron chi connectivity index (χ1n) is 8.89. The zero-order chi connectivity index (χ0) is 16.8. The molecular weight excluding hydrogens is 296 g/mol. The molecule has 3 nitrogen and oxygen atoms in total. The first-order chi connectivity index (χ1) is 11.7. The molecule has 0 aliphatic carbocycles. The number of rotatable bonds is 5. The van der Waals surface area contributed by atoms with Gasteiger partial charge in [-0.15, -0.1) is 0 Å². The molecule has 1 unspecified atom stereocenters. The lowest BCUT2D eigenvalue weighted by Crippen LogP contribution is -2.35. The predicted molar refractivity (Wildman–Crippen MR) is 101 cm³/mol. The van der Waals surface area contributed by atoms with Crippen molar-refractivity contribution in [2.24, 2.45) is 0 Å². The normalized spacial score (nSPS) is 18.1. The van der Waals surface area contributed by atoms with Crippen molar-refractivity contribution in [2.75, 3.05) is 6.54 Å². The Balaban J connectivity index is 1.61. The van der Waals surface area contributed by atoms with Gasteiger partial charge in [0.2, 0.25) is 0 Å². The fourth-order valence-corrected chi connectivity index (χ4v) is 3.15. The number of piperidine rings is 1. The van der Waals surface area contributed by atoms with Crippen LogP contribution < -0.4 is 10.9 Å². The number of pyridine rings is 1. The van der Waals surface area contributed by atoms with Crippen molar-refractivity contribution in [3.63, 3.8) is 0 Å². The number of nitrogens with one attached hydrogen (secondary N) is 1. The first kappa shape index (κ1) is 16.7. The van der Waals surface area contributed by atoms with E-state index in [0.717, 1.165) is 30.6 Å². The summed E-state index contributed by atoms with van der Waals surface area (Å²) in [5.41, 5.74) is 3.43. The average Bonchev–Trinajstić information content (AvgIpc) is 2.61. The topological polar surface area (TPSA) is 34.0 Å². The molecule has 2 aromatic rings. The van der Waals surface area contributed by atoms with E-state index in [9.17, 15) is 4.79 Å². The van der Waals surface area contributed by atoms with Crippen LogP contribution in [-0.4, -0.2) is 17.2 Å². The van der Waals surface area contributed by atoms with E-state index in [2.05, 4.69) is 36.5 Å². The van der Waals surface area contributed by atoms with Crippen molar-refractivity contribution in [1.29, 1.82) is 0 Å². The SMILES string of the molecule is Cc1ccc(/C=C/c2ccn(CCC3CCCCN3)c(=O)c2)cc1. The Bertz CT molecular complexity index is 737. The number of aryl methyl sites for hydroxylation is 2. The maximum atomic E-state index is 12.3. The Kier molecular flexibility index (Phi) is 5.65. The molecule has 1 aliphatic heterocycles. The molecule has 126 valence electrons. The van der Waals surface area contributed by atoms with Crippen molar-refractivity contribution in [3.8, 4) is 0 Å². The summed E-state index contributed by atoms with van der Waals surface area (Å²) in [6, 6.07) is 12.7. The second-order valence-electron chi connectivity index (χ2n) is 6.67. The van der Waals surface area contributed by atoms with Crippen molar-refractivity contribution in [2.45, 2.75) is 45.2 Å². The highest BCUT2D eigenvalue weighted by Gasteiger charge is 2.12. The molecule has 1 aromatic heterocycles. The predicted octanol–water partition coefficient (Wildman–Crippen LogP) is 3.86. The molecule has 0 amide bonds. The highest BCUT2D eigenvalue weighted by atomic mass is 16.1. The summed E-state index contributed by atoms with van der Waals surface area (Å²) in [6.07, 6.45) is 10.8. The van der Waals surface area contributed by atoms with E-state index in [1.807, 2.05) is 29.0 Å². The molecule has 0 saturated carbocycles. The van der Waals surface area contributed by atoms with Crippen molar-refractivity contribution < 1.29 is 0 Å². The minimum Gasteiger partial charge on any atom is -0.315 e. The third-order valence-electron chi connectivity index (χ3n) is 4.70. The van der Waals surface area contributed by atoms with Crippen LogP contribution in [0.1, 0.15) is 42.4 Å². The van der Waals surface area contributed by atoms with Crippen LogP contribution in [0.15, 0.2) is 47.4 Å². The Hall–Kier alpha value is -2.13. The van der Waals surface area contributed by atoms with Gasteiger partial charge >= 0.3 is 0 Å². The standard InChI is InChI=1S/C21H26N2O/c1-17-5-7-18(8-6-17)9-10-19-11-14-23(21(24)16-19)15-12-20-4-2-3-13-22-20/h5-11,14,16,20,22H,2-4,12-13,15H2,1H3/b10-9+. The molecule has 2 heterocycles. The number of benzene rings is 1. The molecule has 1 fully saturated rings. The van der Waals surface area contributed by atoms with Gasteiger partial charge in [-0.05, 0) is 49.9 Å². The van der Waals surface area contributed by atoms with Gasteiger partial charge in [0, 0.05) is 24.8 Å². The second-order valence-corrected chi connectivity index (χ2v) is 6.67. The number of hydrogen-bond acceptors (Lipinski definition) is 2. The summed E-state index contributed by atoms with van der Waals surface area (Å²) in [5, 5.41) is 3.54. The van der Waals surface area contributed by atoms with Crippen LogP contribution >= 0.6 is 0 Å². The van der Waals surface area contributed by atoms with Crippen LogP contribution in [0, 0.1) is 6.92 Å². The molecule has 1 N–H and O–H groups in total. The van der Waals surface area contributed by atoms with Crippen molar-refractivity contribution >= 4 is 12.2 Å². The minimum absolute atomic E-state index is 0.0804. The summed E-state index contributed by atoms with van der Waals surface area (Å²) in [5.74, 6) is 0. The molecule has 1 saturated heterocycles.